The van der Waals surface area contributed by atoms with E-state index in [-0.39, 0.29) is 11.3 Å². The summed E-state index contributed by atoms with van der Waals surface area (Å²) >= 11 is 0. The molecule has 0 unspecified atom stereocenters. The first-order valence-electron chi connectivity index (χ1n) is 11.3. The van der Waals surface area contributed by atoms with Gasteiger partial charge in [-0.3, -0.25) is 14.9 Å². The molecule has 0 atom stereocenters. The van der Waals surface area contributed by atoms with Crippen LogP contribution in [-0.4, -0.2) is 42.1 Å². The summed E-state index contributed by atoms with van der Waals surface area (Å²) in [5.74, 6) is 0.0154. The molecular formula is C26H24N4O5. The topological polar surface area (TPSA) is 111 Å². The summed E-state index contributed by atoms with van der Waals surface area (Å²) in [5.41, 5.74) is 5.24. The Hall–Kier alpha value is -4.24. The highest BCUT2D eigenvalue weighted by molar-refractivity contribution is 6.05. The molecule has 3 aromatic carbocycles. The highest BCUT2D eigenvalue weighted by Gasteiger charge is 2.23. The lowest BCUT2D eigenvalue weighted by atomic mass is 10.1. The summed E-state index contributed by atoms with van der Waals surface area (Å²) in [6.07, 6.45) is 0. The second-order valence-electron chi connectivity index (χ2n) is 8.53. The molecule has 5 rings (SSSR count). The van der Waals surface area contributed by atoms with E-state index >= 15 is 0 Å². The summed E-state index contributed by atoms with van der Waals surface area (Å²) in [5, 5.41) is 14.6. The van der Waals surface area contributed by atoms with Crippen molar-refractivity contribution in [3.63, 3.8) is 0 Å². The molecule has 1 saturated heterocycles. The third-order valence-electron chi connectivity index (χ3n) is 6.06. The van der Waals surface area contributed by atoms with Crippen LogP contribution in [0.4, 0.5) is 17.1 Å². The average molecular weight is 473 g/mol. The second-order valence-corrected chi connectivity index (χ2v) is 8.53. The largest absolute Gasteiger partial charge is 0.436 e. The SMILES string of the molecule is Cc1ccc2nc(-c3ccc(C)c(NC(=O)c4ccc(N5CCOCC5)c([N+](=O)[O-])c4)c3)oc2c1. The molecule has 1 N–H and O–H groups in total. The van der Waals surface area contributed by atoms with Crippen molar-refractivity contribution in [2.75, 3.05) is 36.5 Å². The van der Waals surface area contributed by atoms with E-state index in [0.717, 1.165) is 16.6 Å². The normalized spacial score (nSPS) is 13.7. The van der Waals surface area contributed by atoms with E-state index in [1.807, 2.05) is 49.1 Å². The van der Waals surface area contributed by atoms with Gasteiger partial charge in [0.05, 0.1) is 18.1 Å². The zero-order valence-corrected chi connectivity index (χ0v) is 19.4. The van der Waals surface area contributed by atoms with Gasteiger partial charge in [-0.2, -0.15) is 0 Å². The average Bonchev–Trinajstić information content (AvgIpc) is 3.28. The van der Waals surface area contributed by atoms with Crippen molar-refractivity contribution < 1.29 is 18.9 Å². The minimum atomic E-state index is -0.456. The number of amides is 1. The number of anilines is 2. The molecule has 2 heterocycles. The Bertz CT molecular complexity index is 1440. The predicted molar refractivity (Wildman–Crippen MR) is 133 cm³/mol. The quantitative estimate of drug-likeness (QED) is 0.317. The number of fused-ring (bicyclic) bond motifs is 1. The van der Waals surface area contributed by atoms with Crippen LogP contribution in [0.2, 0.25) is 0 Å². The Morgan fingerprint density at radius 2 is 1.86 bits per heavy atom. The smallest absolute Gasteiger partial charge is 0.293 e. The molecule has 9 nitrogen and oxygen atoms in total. The summed E-state index contributed by atoms with van der Waals surface area (Å²) < 4.78 is 11.3. The van der Waals surface area contributed by atoms with E-state index in [1.165, 1.54) is 6.07 Å². The van der Waals surface area contributed by atoms with Crippen LogP contribution in [0.15, 0.2) is 59.0 Å². The van der Waals surface area contributed by atoms with Gasteiger partial charge < -0.3 is 19.4 Å². The number of carbonyl (C=O) groups is 1. The number of carbonyl (C=O) groups excluding carboxylic acids is 1. The minimum Gasteiger partial charge on any atom is -0.436 e. The molecule has 1 aromatic heterocycles. The second kappa shape index (κ2) is 9.19. The molecule has 9 heteroatoms. The maximum Gasteiger partial charge on any atom is 0.293 e. The lowest BCUT2D eigenvalue weighted by Crippen LogP contribution is -2.36. The van der Waals surface area contributed by atoms with Gasteiger partial charge in [0.1, 0.15) is 11.2 Å². The van der Waals surface area contributed by atoms with Gasteiger partial charge in [-0.25, -0.2) is 4.98 Å². The first-order chi connectivity index (χ1) is 16.9. The number of ether oxygens (including phenoxy) is 1. The number of morpholine rings is 1. The number of oxazole rings is 1. The van der Waals surface area contributed by atoms with E-state index in [2.05, 4.69) is 10.3 Å². The van der Waals surface area contributed by atoms with Crippen LogP contribution < -0.4 is 10.2 Å². The monoisotopic (exact) mass is 472 g/mol. The Labute approximate surface area is 201 Å². The number of nitro benzene ring substituents is 1. The number of nitrogens with zero attached hydrogens (tertiary/aromatic N) is 3. The van der Waals surface area contributed by atoms with E-state index in [9.17, 15) is 14.9 Å². The summed E-state index contributed by atoms with van der Waals surface area (Å²) in [6.45, 7) is 6.00. The molecule has 1 amide bonds. The Kier molecular flexibility index (Phi) is 5.92. The number of rotatable bonds is 5. The maximum absolute atomic E-state index is 13.0. The molecular weight excluding hydrogens is 448 g/mol. The summed E-state index contributed by atoms with van der Waals surface area (Å²) in [4.78, 5) is 30.8. The van der Waals surface area contributed by atoms with Gasteiger partial charge in [0.25, 0.3) is 11.6 Å². The number of nitro groups is 1. The predicted octanol–water partition coefficient (Wildman–Crippen LogP) is 5.11. The van der Waals surface area contributed by atoms with Gasteiger partial charge in [-0.1, -0.05) is 12.1 Å². The molecule has 178 valence electrons. The van der Waals surface area contributed by atoms with Crippen molar-refractivity contribution >= 4 is 34.1 Å². The standard InChI is InChI=1S/C26H24N4O5/c1-16-3-7-20-24(13-16)35-26(28-20)19-5-4-17(2)21(14-19)27-25(31)18-6-8-22(23(15-18)30(32)33)29-9-11-34-12-10-29/h3-8,13-15H,9-12H2,1-2H3,(H,27,31). The van der Waals surface area contributed by atoms with Crippen LogP contribution in [0.25, 0.3) is 22.6 Å². The fourth-order valence-electron chi connectivity index (χ4n) is 4.12. The number of benzene rings is 3. The highest BCUT2D eigenvalue weighted by Crippen LogP contribution is 2.31. The minimum absolute atomic E-state index is 0.105. The molecule has 0 saturated carbocycles. The van der Waals surface area contributed by atoms with Crippen molar-refractivity contribution in [3.05, 3.63) is 81.4 Å². The Morgan fingerprint density at radius 1 is 1.06 bits per heavy atom. The number of aryl methyl sites for hydroxylation is 2. The van der Waals surface area contributed by atoms with Gasteiger partial charge in [0.2, 0.25) is 5.89 Å². The number of hydrogen-bond acceptors (Lipinski definition) is 7. The zero-order valence-electron chi connectivity index (χ0n) is 19.4. The zero-order chi connectivity index (χ0) is 24.5. The lowest BCUT2D eigenvalue weighted by molar-refractivity contribution is -0.384. The number of hydrogen-bond donors (Lipinski definition) is 1. The van der Waals surface area contributed by atoms with Crippen LogP contribution in [0.3, 0.4) is 0 Å². The maximum atomic E-state index is 13.0. The van der Waals surface area contributed by atoms with Crippen LogP contribution in [0, 0.1) is 24.0 Å². The van der Waals surface area contributed by atoms with Crippen LogP contribution >= 0.6 is 0 Å². The highest BCUT2D eigenvalue weighted by atomic mass is 16.6. The molecule has 0 aliphatic carbocycles. The van der Waals surface area contributed by atoms with Crippen molar-refractivity contribution in [3.8, 4) is 11.5 Å². The van der Waals surface area contributed by atoms with Crippen molar-refractivity contribution in [1.29, 1.82) is 0 Å². The van der Waals surface area contributed by atoms with E-state index in [1.54, 1.807) is 18.2 Å². The third-order valence-corrected chi connectivity index (χ3v) is 6.06. The molecule has 0 radical (unpaired) electrons. The molecule has 0 bridgehead atoms. The summed E-state index contributed by atoms with van der Waals surface area (Å²) in [7, 11) is 0. The first kappa shape index (κ1) is 22.5. The summed E-state index contributed by atoms with van der Waals surface area (Å²) in [6, 6.07) is 15.9. The fourth-order valence-corrected chi connectivity index (χ4v) is 4.12. The molecule has 1 aliphatic rings. The van der Waals surface area contributed by atoms with Gasteiger partial charge in [-0.15, -0.1) is 0 Å². The molecule has 1 fully saturated rings. The van der Waals surface area contributed by atoms with E-state index in [4.69, 9.17) is 9.15 Å². The number of aromatic nitrogens is 1. The van der Waals surface area contributed by atoms with Gasteiger partial charge >= 0.3 is 0 Å². The van der Waals surface area contributed by atoms with E-state index in [0.29, 0.717) is 54.7 Å². The first-order valence-corrected chi connectivity index (χ1v) is 11.3. The van der Waals surface area contributed by atoms with Crippen LogP contribution in [0.1, 0.15) is 21.5 Å². The van der Waals surface area contributed by atoms with E-state index < -0.39 is 10.8 Å². The Morgan fingerprint density at radius 3 is 2.63 bits per heavy atom. The van der Waals surface area contributed by atoms with Crippen LogP contribution in [0.5, 0.6) is 0 Å². The fraction of sp³-hybridized carbons (Fsp3) is 0.231. The van der Waals surface area contributed by atoms with Crippen molar-refractivity contribution in [2.24, 2.45) is 0 Å². The lowest BCUT2D eigenvalue weighted by Gasteiger charge is -2.28. The van der Waals surface area contributed by atoms with Gasteiger partial charge in [0, 0.05) is 36.0 Å². The molecule has 35 heavy (non-hydrogen) atoms. The molecule has 0 spiro atoms. The van der Waals surface area contributed by atoms with Crippen molar-refractivity contribution in [1.82, 2.24) is 4.98 Å². The number of nitrogens with one attached hydrogen (secondary N) is 1. The Balaban J connectivity index is 1.42. The molecule has 1 aliphatic heterocycles. The molecule has 4 aromatic rings. The van der Waals surface area contributed by atoms with Crippen molar-refractivity contribution in [2.45, 2.75) is 13.8 Å². The van der Waals surface area contributed by atoms with Gasteiger partial charge in [0.15, 0.2) is 5.58 Å². The van der Waals surface area contributed by atoms with Gasteiger partial charge in [-0.05, 0) is 61.4 Å². The van der Waals surface area contributed by atoms with Crippen LogP contribution in [-0.2, 0) is 4.74 Å². The third kappa shape index (κ3) is 4.58.